The normalized spacial score (nSPS) is 28.8. The lowest BCUT2D eigenvalue weighted by molar-refractivity contribution is -0.153. The smallest absolute Gasteiger partial charge is 0.309 e. The fourth-order valence-corrected chi connectivity index (χ4v) is 3.05. The van der Waals surface area contributed by atoms with E-state index in [1.54, 1.807) is 6.92 Å². The van der Waals surface area contributed by atoms with Gasteiger partial charge in [-0.05, 0) is 45.4 Å². The first-order chi connectivity index (χ1) is 9.44. The molecule has 5 nitrogen and oxygen atoms in total. The van der Waals surface area contributed by atoms with Gasteiger partial charge in [0, 0.05) is 26.1 Å². The monoisotopic (exact) mass is 283 g/mol. The van der Waals surface area contributed by atoms with Gasteiger partial charge in [0.1, 0.15) is 0 Å². The minimum Gasteiger partial charge on any atom is -0.481 e. The number of nitrogens with zero attached hydrogens (tertiary/aromatic N) is 1. The molecular formula is C15H25NO4. The van der Waals surface area contributed by atoms with Gasteiger partial charge in [-0.15, -0.1) is 0 Å². The summed E-state index contributed by atoms with van der Waals surface area (Å²) in [7, 11) is 0. The van der Waals surface area contributed by atoms with Crippen LogP contribution in [0, 0.1) is 11.3 Å². The quantitative estimate of drug-likeness (QED) is 0.837. The van der Waals surface area contributed by atoms with Crippen molar-refractivity contribution in [3.05, 3.63) is 0 Å². The first-order valence-electron chi connectivity index (χ1n) is 7.57. The number of carboxylic acids is 1. The Bertz CT molecular complexity index is 368. The highest BCUT2D eigenvalue weighted by molar-refractivity contribution is 5.78. The number of likely N-dealkylation sites (tertiary alicyclic amines) is 1. The predicted octanol–water partition coefficient (Wildman–Crippen LogP) is 1.90. The van der Waals surface area contributed by atoms with Gasteiger partial charge >= 0.3 is 5.97 Å². The van der Waals surface area contributed by atoms with Crippen LogP contribution in [0.15, 0.2) is 0 Å². The molecule has 5 heteroatoms. The average Bonchev–Trinajstić information content (AvgIpc) is 2.37. The lowest BCUT2D eigenvalue weighted by Gasteiger charge is -2.39. The Morgan fingerprint density at radius 1 is 1.30 bits per heavy atom. The van der Waals surface area contributed by atoms with Crippen LogP contribution in [0.25, 0.3) is 0 Å². The van der Waals surface area contributed by atoms with Crippen molar-refractivity contribution in [1.82, 2.24) is 4.90 Å². The van der Waals surface area contributed by atoms with E-state index in [2.05, 4.69) is 0 Å². The molecule has 0 bridgehead atoms. The zero-order valence-electron chi connectivity index (χ0n) is 12.4. The van der Waals surface area contributed by atoms with Crippen molar-refractivity contribution in [3.8, 4) is 0 Å². The van der Waals surface area contributed by atoms with Crippen molar-refractivity contribution < 1.29 is 19.4 Å². The maximum absolute atomic E-state index is 12.2. The van der Waals surface area contributed by atoms with Crippen LogP contribution in [-0.4, -0.2) is 47.7 Å². The highest BCUT2D eigenvalue weighted by Gasteiger charge is 2.39. The van der Waals surface area contributed by atoms with Gasteiger partial charge in [0.15, 0.2) is 0 Å². The SMILES string of the molecule is CCOC1CC(CC(=O)N2CCC(C)(C(=O)O)CC2)C1. The molecular weight excluding hydrogens is 258 g/mol. The Labute approximate surface area is 120 Å². The molecule has 0 aromatic heterocycles. The second-order valence-corrected chi connectivity index (χ2v) is 6.37. The minimum absolute atomic E-state index is 0.178. The van der Waals surface area contributed by atoms with Gasteiger partial charge in [-0.2, -0.15) is 0 Å². The van der Waals surface area contributed by atoms with Crippen LogP contribution in [-0.2, 0) is 14.3 Å². The first kappa shape index (κ1) is 15.3. The Hall–Kier alpha value is -1.10. The molecule has 1 heterocycles. The minimum atomic E-state index is -0.747. The molecule has 0 atom stereocenters. The number of hydrogen-bond donors (Lipinski definition) is 1. The number of carbonyl (C=O) groups excluding carboxylic acids is 1. The second-order valence-electron chi connectivity index (χ2n) is 6.37. The van der Waals surface area contributed by atoms with E-state index in [0.29, 0.717) is 44.4 Å². The van der Waals surface area contributed by atoms with Crippen molar-refractivity contribution in [2.75, 3.05) is 19.7 Å². The third-order valence-corrected chi connectivity index (χ3v) is 4.79. The zero-order valence-corrected chi connectivity index (χ0v) is 12.4. The molecule has 114 valence electrons. The van der Waals surface area contributed by atoms with Crippen LogP contribution in [0.3, 0.4) is 0 Å². The van der Waals surface area contributed by atoms with Gasteiger partial charge in [-0.1, -0.05) is 0 Å². The highest BCUT2D eigenvalue weighted by Crippen LogP contribution is 2.35. The molecule has 0 radical (unpaired) electrons. The summed E-state index contributed by atoms with van der Waals surface area (Å²) in [4.78, 5) is 25.2. The fraction of sp³-hybridized carbons (Fsp3) is 0.867. The summed E-state index contributed by atoms with van der Waals surface area (Å²) in [5.74, 6) is -0.118. The number of piperidine rings is 1. The molecule has 0 aromatic carbocycles. The molecule has 2 aliphatic rings. The van der Waals surface area contributed by atoms with Gasteiger partial charge in [0.25, 0.3) is 0 Å². The van der Waals surface area contributed by atoms with Crippen molar-refractivity contribution in [1.29, 1.82) is 0 Å². The van der Waals surface area contributed by atoms with E-state index in [1.165, 1.54) is 0 Å². The van der Waals surface area contributed by atoms with E-state index in [4.69, 9.17) is 4.74 Å². The molecule has 1 amide bonds. The molecule has 0 spiro atoms. The third kappa shape index (κ3) is 3.32. The summed E-state index contributed by atoms with van der Waals surface area (Å²) < 4.78 is 5.50. The van der Waals surface area contributed by atoms with E-state index in [9.17, 15) is 14.7 Å². The predicted molar refractivity (Wildman–Crippen MR) is 74.3 cm³/mol. The van der Waals surface area contributed by atoms with E-state index in [1.807, 2.05) is 11.8 Å². The van der Waals surface area contributed by atoms with Gasteiger partial charge in [0.05, 0.1) is 11.5 Å². The summed E-state index contributed by atoms with van der Waals surface area (Å²) in [6, 6.07) is 0. The van der Waals surface area contributed by atoms with Crippen LogP contribution >= 0.6 is 0 Å². The molecule has 1 saturated carbocycles. The topological polar surface area (TPSA) is 66.8 Å². The molecule has 2 fully saturated rings. The van der Waals surface area contributed by atoms with Gasteiger partial charge in [-0.3, -0.25) is 9.59 Å². The summed E-state index contributed by atoms with van der Waals surface area (Å²) in [6.45, 7) is 5.65. The van der Waals surface area contributed by atoms with Crippen LogP contribution < -0.4 is 0 Å². The lowest BCUT2D eigenvalue weighted by Crippen LogP contribution is -2.46. The van der Waals surface area contributed by atoms with Crippen LogP contribution in [0.2, 0.25) is 0 Å². The summed E-state index contributed by atoms with van der Waals surface area (Å²) >= 11 is 0. The van der Waals surface area contributed by atoms with Crippen molar-refractivity contribution in [2.45, 2.75) is 52.1 Å². The zero-order chi connectivity index (χ0) is 14.8. The molecule has 0 unspecified atom stereocenters. The maximum atomic E-state index is 12.2. The Morgan fingerprint density at radius 2 is 1.90 bits per heavy atom. The summed E-state index contributed by atoms with van der Waals surface area (Å²) in [5.41, 5.74) is -0.659. The highest BCUT2D eigenvalue weighted by atomic mass is 16.5. The largest absolute Gasteiger partial charge is 0.481 e. The van der Waals surface area contributed by atoms with Crippen molar-refractivity contribution in [3.63, 3.8) is 0 Å². The summed E-state index contributed by atoms with van der Waals surface area (Å²) in [6.07, 6.45) is 4.02. The van der Waals surface area contributed by atoms with Gasteiger partial charge in [-0.25, -0.2) is 0 Å². The first-order valence-corrected chi connectivity index (χ1v) is 7.57. The molecule has 20 heavy (non-hydrogen) atoms. The second kappa shape index (κ2) is 6.12. The Balaban J connectivity index is 1.72. The number of rotatable bonds is 5. The Kier molecular flexibility index (Phi) is 4.68. The molecule has 0 aromatic rings. The molecule has 1 N–H and O–H groups in total. The molecule has 1 saturated heterocycles. The Morgan fingerprint density at radius 3 is 2.40 bits per heavy atom. The number of aliphatic carboxylic acids is 1. The number of carbonyl (C=O) groups is 2. The lowest BCUT2D eigenvalue weighted by atomic mass is 9.78. The summed E-state index contributed by atoms with van der Waals surface area (Å²) in [5, 5.41) is 9.18. The van der Waals surface area contributed by atoms with Gasteiger partial charge in [0.2, 0.25) is 5.91 Å². The van der Waals surface area contributed by atoms with Crippen molar-refractivity contribution in [2.24, 2.45) is 11.3 Å². The third-order valence-electron chi connectivity index (χ3n) is 4.79. The van der Waals surface area contributed by atoms with Crippen molar-refractivity contribution >= 4 is 11.9 Å². The standard InChI is InChI=1S/C15H25NO4/c1-3-20-12-8-11(9-12)10-13(17)16-6-4-15(2,5-7-16)14(18)19/h11-12H,3-10H2,1-2H3,(H,18,19). The van der Waals surface area contributed by atoms with E-state index in [-0.39, 0.29) is 5.91 Å². The van der Waals surface area contributed by atoms with E-state index >= 15 is 0 Å². The molecule has 1 aliphatic heterocycles. The molecule has 2 rings (SSSR count). The van der Waals surface area contributed by atoms with Crippen LogP contribution in [0.5, 0.6) is 0 Å². The van der Waals surface area contributed by atoms with Crippen LogP contribution in [0.1, 0.15) is 46.0 Å². The fourth-order valence-electron chi connectivity index (χ4n) is 3.05. The van der Waals surface area contributed by atoms with Gasteiger partial charge < -0.3 is 14.7 Å². The molecule has 1 aliphatic carbocycles. The average molecular weight is 283 g/mol. The number of ether oxygens (including phenoxy) is 1. The van der Waals surface area contributed by atoms with E-state index < -0.39 is 11.4 Å². The number of carboxylic acid groups (broad SMARTS) is 1. The van der Waals surface area contributed by atoms with Crippen LogP contribution in [0.4, 0.5) is 0 Å². The number of hydrogen-bond acceptors (Lipinski definition) is 3. The maximum Gasteiger partial charge on any atom is 0.309 e. The van der Waals surface area contributed by atoms with E-state index in [0.717, 1.165) is 19.4 Å². The number of amides is 1.